The molecule has 5 unspecified atom stereocenters. The number of aliphatic hydroxyl groups excluding tert-OH is 2. The van der Waals surface area contributed by atoms with Crippen molar-refractivity contribution < 1.29 is 75.8 Å². The van der Waals surface area contributed by atoms with E-state index in [1.165, 1.54) is 270 Å². The topological polar surface area (TPSA) is 231 Å². The molecule has 0 radical (unpaired) electrons. The average Bonchev–Trinajstić information content (AvgIpc) is 0.920. The van der Waals surface area contributed by atoms with Crippen molar-refractivity contribution in [2.75, 3.05) is 39.6 Å². The molecule has 0 rings (SSSR count). The summed E-state index contributed by atoms with van der Waals surface area (Å²) in [7, 11) is -9.78. The van der Waals surface area contributed by atoms with E-state index in [0.717, 1.165) is 116 Å². The molecule has 0 aromatic carbocycles. The van der Waals surface area contributed by atoms with Gasteiger partial charge in [0.25, 0.3) is 0 Å². The number of hydrogen-bond donors (Lipinski definition) is 4. The maximum Gasteiger partial charge on any atom is 0.472 e. The zero-order chi connectivity index (χ0) is 85.1. The van der Waals surface area contributed by atoms with E-state index in [2.05, 4.69) is 130 Å². The summed E-state index contributed by atoms with van der Waals surface area (Å²) in [5.41, 5.74) is 0. The van der Waals surface area contributed by atoms with Crippen LogP contribution in [0.4, 0.5) is 0 Å². The summed E-state index contributed by atoms with van der Waals surface area (Å²) in [6.07, 6.45) is 112. The molecule has 0 fully saturated rings. The van der Waals surface area contributed by atoms with Gasteiger partial charge in [0, 0.05) is 19.3 Å². The largest absolute Gasteiger partial charge is 0.472 e. The van der Waals surface area contributed by atoms with Crippen molar-refractivity contribution in [1.29, 1.82) is 0 Å². The van der Waals surface area contributed by atoms with Crippen molar-refractivity contribution in [3.63, 3.8) is 0 Å². The van der Waals surface area contributed by atoms with E-state index in [0.29, 0.717) is 19.3 Å². The van der Waals surface area contributed by atoms with E-state index in [1.54, 1.807) is 0 Å². The van der Waals surface area contributed by atoms with Gasteiger partial charge in [-0.25, -0.2) is 9.13 Å². The minimum atomic E-state index is -4.93. The minimum Gasteiger partial charge on any atom is -0.463 e. The van der Waals surface area contributed by atoms with Gasteiger partial charge in [0.1, 0.15) is 25.4 Å². The van der Waals surface area contributed by atoms with Gasteiger partial charge in [-0.1, -0.05) is 425 Å². The van der Waals surface area contributed by atoms with Gasteiger partial charge in [0.2, 0.25) is 0 Å². The van der Waals surface area contributed by atoms with Gasteiger partial charge in [-0.3, -0.25) is 32.5 Å². The predicted octanol–water partition coefficient (Wildman–Crippen LogP) is 29.8. The Morgan fingerprint density at radius 3 is 0.735 bits per heavy atom. The molecule has 0 aromatic rings. The van der Waals surface area contributed by atoms with Crippen molar-refractivity contribution in [2.45, 2.75) is 463 Å². The lowest BCUT2D eigenvalue weighted by molar-refractivity contribution is -0.161. The van der Waals surface area contributed by atoms with Crippen LogP contribution in [0.2, 0.25) is 0 Å². The Kier molecular flexibility index (Phi) is 88.5. The fraction of sp³-hybridized carbons (Fsp3) is 0.788. The van der Waals surface area contributed by atoms with E-state index >= 15 is 0 Å². The lowest BCUT2D eigenvalue weighted by Crippen LogP contribution is -2.30. The molecule has 0 bridgehead atoms. The van der Waals surface area contributed by atoms with Gasteiger partial charge in [0.05, 0.1) is 26.4 Å². The Morgan fingerprint density at radius 2 is 0.453 bits per heavy atom. The lowest BCUT2D eigenvalue weighted by Gasteiger charge is -2.21. The number of phosphoric ester groups is 2. The molecule has 16 nitrogen and oxygen atoms in total. The van der Waals surface area contributed by atoms with Gasteiger partial charge in [0.15, 0.2) is 6.10 Å². The van der Waals surface area contributed by atoms with Crippen LogP contribution < -0.4 is 0 Å². The molecule has 0 saturated carbocycles. The zero-order valence-corrected chi connectivity index (χ0v) is 76.9. The summed E-state index contributed by atoms with van der Waals surface area (Å²) in [5, 5.41) is 20.7. The van der Waals surface area contributed by atoms with Gasteiger partial charge >= 0.3 is 33.6 Å². The molecule has 0 aliphatic carbocycles. The molecular formula is C99H178O16P2. The second kappa shape index (κ2) is 91.4. The summed E-state index contributed by atoms with van der Waals surface area (Å²) >= 11 is 0. The highest BCUT2D eigenvalue weighted by Crippen LogP contribution is 2.45. The smallest absolute Gasteiger partial charge is 0.463 e. The molecule has 0 aliphatic rings. The van der Waals surface area contributed by atoms with Crippen LogP contribution in [0.5, 0.6) is 0 Å². The van der Waals surface area contributed by atoms with E-state index < -0.39 is 91.5 Å². The predicted molar refractivity (Wildman–Crippen MR) is 491 cm³/mol. The fourth-order valence-electron chi connectivity index (χ4n) is 13.7. The number of aliphatic hydroxyl groups is 2. The molecule has 0 aromatic heterocycles. The molecule has 0 amide bonds. The van der Waals surface area contributed by atoms with Crippen LogP contribution in [-0.4, -0.2) is 95.9 Å². The second-order valence-corrected chi connectivity index (χ2v) is 35.4. The summed E-state index contributed by atoms with van der Waals surface area (Å²) in [6.45, 7) is 2.61. The van der Waals surface area contributed by atoms with Crippen LogP contribution in [0.15, 0.2) is 109 Å². The maximum absolute atomic E-state index is 13.0. The first kappa shape index (κ1) is 113. The highest BCUT2D eigenvalue weighted by Gasteiger charge is 2.30. The third kappa shape index (κ3) is 92.8. The lowest BCUT2D eigenvalue weighted by atomic mass is 10.0. The Morgan fingerprint density at radius 1 is 0.248 bits per heavy atom. The maximum atomic E-state index is 13.0. The van der Waals surface area contributed by atoms with Gasteiger partial charge in [-0.15, -0.1) is 0 Å². The molecule has 5 atom stereocenters. The molecule has 18 heteroatoms. The zero-order valence-electron chi connectivity index (χ0n) is 75.1. The molecule has 0 heterocycles. The minimum absolute atomic E-state index is 0.111. The fourth-order valence-corrected chi connectivity index (χ4v) is 15.3. The number of esters is 3. The van der Waals surface area contributed by atoms with Crippen LogP contribution in [0.3, 0.4) is 0 Å². The van der Waals surface area contributed by atoms with E-state index in [1.807, 2.05) is 0 Å². The molecule has 0 saturated heterocycles. The summed E-state index contributed by atoms with van der Waals surface area (Å²) in [6, 6.07) is 0. The molecule has 117 heavy (non-hydrogen) atoms. The van der Waals surface area contributed by atoms with Crippen LogP contribution in [-0.2, 0) is 55.8 Å². The third-order valence-corrected chi connectivity index (χ3v) is 22.9. The number of ether oxygens (including phenoxy) is 3. The number of phosphoric acid groups is 2. The SMILES string of the molecule is CC/C=C\C/C=C\C/C=C\C/C=C\C/C=C\CCCCCCCCCCCCCCCCCCCCCC(=O)OCC(O)COP(=O)(O)OCC(O)COP(=O)(O)OCC(COC(=O)CCCCCCCCCCCCCCCCCCCCC/C=C\C/C=C\C/C=C\C/C=C\CCCCC)OC(=O)CCCCCCCCCCCCC. The molecular weight excluding hydrogens is 1510 g/mol. The quantitative estimate of drug-likeness (QED) is 0.0146. The van der Waals surface area contributed by atoms with Crippen molar-refractivity contribution in [3.8, 4) is 0 Å². The molecule has 680 valence electrons. The van der Waals surface area contributed by atoms with E-state index in [-0.39, 0.29) is 19.3 Å². The number of carbonyl (C=O) groups excluding carboxylic acids is 3. The number of unbranched alkanes of at least 4 members (excludes halogenated alkanes) is 51. The first-order valence-corrected chi connectivity index (χ1v) is 51.2. The third-order valence-electron chi connectivity index (χ3n) is 21.0. The second-order valence-electron chi connectivity index (χ2n) is 32.5. The van der Waals surface area contributed by atoms with Crippen LogP contribution in [0, 0.1) is 0 Å². The number of rotatable bonds is 92. The standard InChI is InChI=1S/C99H178O16P2/c1-4-7-10-13-16-19-22-24-26-28-30-32-34-36-38-40-42-44-46-48-50-52-54-56-58-60-62-64-66-68-71-73-76-79-82-85-97(102)109-88-94(100)89-111-116(105,106)112-90-95(101)91-113-117(107,108)114-93-96(115-99(104)87-84-81-78-75-70-21-18-15-12-9-6-3)92-110-98(103)86-83-80-77-74-72-69-67-65-63-61-59-57-55-53-51-49-47-45-43-41-39-37-35-33-31-29-27-25-23-20-17-14-11-8-5-2/h7,10,16-17,19-20,24-27,30-33,36-39,94-96,100-101H,4-6,8-9,11-15,18,21-23,28-29,34-35,40-93H2,1-3H3,(H,105,106)(H,107,108)/b10-7-,19-16-,20-17-,26-24-,27-25-,32-30-,33-31-,38-36-,39-37-. The van der Waals surface area contributed by atoms with E-state index in [4.69, 9.17) is 32.3 Å². The van der Waals surface area contributed by atoms with Gasteiger partial charge in [-0.05, 0) is 109 Å². The monoisotopic (exact) mass is 1690 g/mol. The molecule has 0 aliphatic heterocycles. The van der Waals surface area contributed by atoms with Crippen LogP contribution in [0.25, 0.3) is 0 Å². The van der Waals surface area contributed by atoms with E-state index in [9.17, 15) is 43.5 Å². The normalized spacial score (nSPS) is 14.2. The van der Waals surface area contributed by atoms with Crippen LogP contribution >= 0.6 is 15.6 Å². The Labute approximate surface area is 717 Å². The van der Waals surface area contributed by atoms with Crippen molar-refractivity contribution in [2.24, 2.45) is 0 Å². The number of hydrogen-bond acceptors (Lipinski definition) is 14. The first-order valence-electron chi connectivity index (χ1n) is 48.2. The van der Waals surface area contributed by atoms with Crippen molar-refractivity contribution in [1.82, 2.24) is 0 Å². The van der Waals surface area contributed by atoms with Gasteiger partial charge in [-0.2, -0.15) is 0 Å². The highest BCUT2D eigenvalue weighted by atomic mass is 31.2. The Bertz CT molecular complexity index is 2560. The summed E-state index contributed by atoms with van der Waals surface area (Å²) in [4.78, 5) is 58.8. The van der Waals surface area contributed by atoms with Crippen molar-refractivity contribution in [3.05, 3.63) is 109 Å². The van der Waals surface area contributed by atoms with Crippen LogP contribution in [0.1, 0.15) is 445 Å². The van der Waals surface area contributed by atoms with Crippen molar-refractivity contribution >= 4 is 33.6 Å². The average molecular weight is 1690 g/mol. The van der Waals surface area contributed by atoms with Gasteiger partial charge < -0.3 is 34.2 Å². The summed E-state index contributed by atoms with van der Waals surface area (Å²) in [5.74, 6) is -1.55. The molecule has 4 N–H and O–H groups in total. The Balaban J connectivity index is 4.27. The Hall–Kier alpha value is -3.79. The highest BCUT2D eigenvalue weighted by molar-refractivity contribution is 7.47. The number of carbonyl (C=O) groups is 3. The molecule has 0 spiro atoms. The number of allylic oxidation sites excluding steroid dienone is 18. The first-order chi connectivity index (χ1) is 57.2. The summed E-state index contributed by atoms with van der Waals surface area (Å²) < 4.78 is 61.4.